The van der Waals surface area contributed by atoms with E-state index in [0.29, 0.717) is 0 Å². The molecule has 0 saturated heterocycles. The molecule has 0 fully saturated rings. The summed E-state index contributed by atoms with van der Waals surface area (Å²) >= 11 is 5.99. The third kappa shape index (κ3) is 2.21. The molecule has 0 bridgehead atoms. The molecule has 1 heteroatoms. The van der Waals surface area contributed by atoms with Crippen LogP contribution in [0.5, 0.6) is 0 Å². The molecule has 0 saturated carbocycles. The number of halogens is 1. The molecule has 2 aromatic rings. The molecule has 0 atom stereocenters. The van der Waals surface area contributed by atoms with Gasteiger partial charge >= 0.3 is 0 Å². The van der Waals surface area contributed by atoms with Gasteiger partial charge in [0.15, 0.2) is 0 Å². The van der Waals surface area contributed by atoms with Gasteiger partial charge in [0.2, 0.25) is 0 Å². The Hall–Kier alpha value is -1.27. The molecule has 0 aliphatic carbocycles. The van der Waals surface area contributed by atoms with E-state index in [9.17, 15) is 0 Å². The minimum atomic E-state index is 0.825. The van der Waals surface area contributed by atoms with Crippen LogP contribution < -0.4 is 0 Å². The summed E-state index contributed by atoms with van der Waals surface area (Å²) < 4.78 is 0. The first-order valence-corrected chi connectivity index (χ1v) is 5.38. The van der Waals surface area contributed by atoms with Gasteiger partial charge in [-0.15, -0.1) is 0 Å². The van der Waals surface area contributed by atoms with Crippen molar-refractivity contribution in [2.45, 2.75) is 13.8 Å². The third-order valence-corrected chi connectivity index (χ3v) is 2.97. The molecule has 0 spiro atoms. The Bertz CT molecular complexity index is 469. The van der Waals surface area contributed by atoms with E-state index in [-0.39, 0.29) is 0 Å². The number of benzene rings is 2. The van der Waals surface area contributed by atoms with Crippen LogP contribution in [0, 0.1) is 13.8 Å². The van der Waals surface area contributed by atoms with Crippen molar-refractivity contribution < 1.29 is 0 Å². The van der Waals surface area contributed by atoms with E-state index in [1.807, 2.05) is 13.0 Å². The SMILES string of the molecule is Cc1ccc(-c2ccc(Cl)c(C)c2)cc1. The van der Waals surface area contributed by atoms with Crippen LogP contribution in [-0.2, 0) is 0 Å². The maximum atomic E-state index is 5.99. The molecule has 0 N–H and O–H groups in total. The van der Waals surface area contributed by atoms with Crippen LogP contribution in [0.15, 0.2) is 42.5 Å². The maximum Gasteiger partial charge on any atom is 0.0435 e. The van der Waals surface area contributed by atoms with Gasteiger partial charge in [0.05, 0.1) is 0 Å². The molecule has 0 unspecified atom stereocenters. The van der Waals surface area contributed by atoms with E-state index in [0.717, 1.165) is 10.6 Å². The highest BCUT2D eigenvalue weighted by atomic mass is 35.5. The summed E-state index contributed by atoms with van der Waals surface area (Å²) in [5.74, 6) is 0. The van der Waals surface area contributed by atoms with Crippen molar-refractivity contribution in [3.8, 4) is 11.1 Å². The van der Waals surface area contributed by atoms with Crippen molar-refractivity contribution >= 4 is 11.6 Å². The lowest BCUT2D eigenvalue weighted by Gasteiger charge is -2.04. The highest BCUT2D eigenvalue weighted by Crippen LogP contribution is 2.24. The van der Waals surface area contributed by atoms with Crippen LogP contribution in [0.1, 0.15) is 11.1 Å². The topological polar surface area (TPSA) is 0 Å². The van der Waals surface area contributed by atoms with Crippen LogP contribution in [-0.4, -0.2) is 0 Å². The molecule has 0 heterocycles. The van der Waals surface area contributed by atoms with Crippen molar-refractivity contribution in [2.24, 2.45) is 0 Å². The summed E-state index contributed by atoms with van der Waals surface area (Å²) in [7, 11) is 0. The molecule has 0 aliphatic rings. The van der Waals surface area contributed by atoms with E-state index in [1.54, 1.807) is 0 Å². The lowest BCUT2D eigenvalue weighted by Crippen LogP contribution is -1.81. The molecule has 76 valence electrons. The van der Waals surface area contributed by atoms with E-state index < -0.39 is 0 Å². The van der Waals surface area contributed by atoms with Gasteiger partial charge in [0, 0.05) is 5.02 Å². The van der Waals surface area contributed by atoms with E-state index in [2.05, 4.69) is 43.3 Å². The predicted molar refractivity (Wildman–Crippen MR) is 66.4 cm³/mol. The number of hydrogen-bond acceptors (Lipinski definition) is 0. The zero-order chi connectivity index (χ0) is 10.8. The van der Waals surface area contributed by atoms with E-state index in [4.69, 9.17) is 11.6 Å². The lowest BCUT2D eigenvalue weighted by molar-refractivity contribution is 1.44. The van der Waals surface area contributed by atoms with Gasteiger partial charge in [0.1, 0.15) is 0 Å². The van der Waals surface area contributed by atoms with Crippen molar-refractivity contribution in [1.29, 1.82) is 0 Å². The Morgan fingerprint density at radius 1 is 0.800 bits per heavy atom. The first kappa shape index (κ1) is 10.3. The average molecular weight is 217 g/mol. The zero-order valence-electron chi connectivity index (χ0n) is 8.92. The molecule has 0 nitrogen and oxygen atoms in total. The standard InChI is InChI=1S/C14H13Cl/c1-10-3-5-12(6-4-10)13-7-8-14(15)11(2)9-13/h3-9H,1-2H3. The monoisotopic (exact) mass is 216 g/mol. The van der Waals surface area contributed by atoms with Crippen molar-refractivity contribution in [3.63, 3.8) is 0 Å². The number of rotatable bonds is 1. The number of aryl methyl sites for hydroxylation is 2. The lowest BCUT2D eigenvalue weighted by atomic mass is 10.0. The van der Waals surface area contributed by atoms with Gasteiger partial charge in [-0.2, -0.15) is 0 Å². The van der Waals surface area contributed by atoms with E-state index in [1.165, 1.54) is 16.7 Å². The summed E-state index contributed by atoms with van der Waals surface area (Å²) in [5.41, 5.74) is 4.86. The Morgan fingerprint density at radius 2 is 1.40 bits per heavy atom. The van der Waals surface area contributed by atoms with Crippen molar-refractivity contribution in [2.75, 3.05) is 0 Å². The van der Waals surface area contributed by atoms with Gasteiger partial charge in [0.25, 0.3) is 0 Å². The molecule has 0 radical (unpaired) electrons. The second kappa shape index (κ2) is 4.08. The highest BCUT2D eigenvalue weighted by Gasteiger charge is 1.99. The Labute approximate surface area is 95.5 Å². The van der Waals surface area contributed by atoms with Gasteiger partial charge in [-0.1, -0.05) is 47.5 Å². The van der Waals surface area contributed by atoms with Crippen LogP contribution in [0.4, 0.5) is 0 Å². The molecule has 0 aliphatic heterocycles. The Balaban J connectivity index is 2.45. The van der Waals surface area contributed by atoms with Crippen LogP contribution in [0.3, 0.4) is 0 Å². The molecule has 2 rings (SSSR count). The second-order valence-electron chi connectivity index (χ2n) is 3.83. The van der Waals surface area contributed by atoms with Crippen molar-refractivity contribution in [1.82, 2.24) is 0 Å². The first-order valence-electron chi connectivity index (χ1n) is 5.00. The molecular weight excluding hydrogens is 204 g/mol. The van der Waals surface area contributed by atoms with Gasteiger partial charge in [-0.05, 0) is 42.7 Å². The predicted octanol–water partition coefficient (Wildman–Crippen LogP) is 4.62. The van der Waals surface area contributed by atoms with Crippen LogP contribution in [0.2, 0.25) is 5.02 Å². The summed E-state index contributed by atoms with van der Waals surface area (Å²) in [6, 6.07) is 14.6. The second-order valence-corrected chi connectivity index (χ2v) is 4.24. The largest absolute Gasteiger partial charge is 0.0841 e. The zero-order valence-corrected chi connectivity index (χ0v) is 9.68. The quantitative estimate of drug-likeness (QED) is 0.652. The Morgan fingerprint density at radius 3 is 2.00 bits per heavy atom. The maximum absolute atomic E-state index is 5.99. The summed E-state index contributed by atoms with van der Waals surface area (Å²) in [6.07, 6.45) is 0. The summed E-state index contributed by atoms with van der Waals surface area (Å²) in [5, 5.41) is 0.825. The van der Waals surface area contributed by atoms with Gasteiger partial charge in [-0.3, -0.25) is 0 Å². The molecule has 2 aromatic carbocycles. The molecule has 15 heavy (non-hydrogen) atoms. The molecular formula is C14H13Cl. The molecule has 0 amide bonds. The molecule has 0 aromatic heterocycles. The fraction of sp³-hybridized carbons (Fsp3) is 0.143. The first-order chi connectivity index (χ1) is 7.16. The minimum Gasteiger partial charge on any atom is -0.0841 e. The van der Waals surface area contributed by atoms with Gasteiger partial charge < -0.3 is 0 Å². The van der Waals surface area contributed by atoms with Crippen LogP contribution >= 0.6 is 11.6 Å². The van der Waals surface area contributed by atoms with Gasteiger partial charge in [-0.25, -0.2) is 0 Å². The highest BCUT2D eigenvalue weighted by molar-refractivity contribution is 6.31. The normalized spacial score (nSPS) is 10.3. The van der Waals surface area contributed by atoms with Crippen LogP contribution in [0.25, 0.3) is 11.1 Å². The number of hydrogen-bond donors (Lipinski definition) is 0. The third-order valence-electron chi connectivity index (χ3n) is 2.54. The fourth-order valence-corrected chi connectivity index (χ4v) is 1.69. The smallest absolute Gasteiger partial charge is 0.0435 e. The summed E-state index contributed by atoms with van der Waals surface area (Å²) in [4.78, 5) is 0. The summed E-state index contributed by atoms with van der Waals surface area (Å²) in [6.45, 7) is 4.12. The van der Waals surface area contributed by atoms with Crippen molar-refractivity contribution in [3.05, 3.63) is 58.6 Å². The fourth-order valence-electron chi connectivity index (χ4n) is 1.57. The minimum absolute atomic E-state index is 0.825. The van der Waals surface area contributed by atoms with E-state index >= 15 is 0 Å². The Kier molecular flexibility index (Phi) is 2.79. The average Bonchev–Trinajstić information content (AvgIpc) is 2.23.